The molecule has 0 radical (unpaired) electrons. The summed E-state index contributed by atoms with van der Waals surface area (Å²) in [6.45, 7) is 8.59. The molecule has 0 aliphatic heterocycles. The number of nitrogens with zero attached hydrogens (tertiary/aromatic N) is 2. The summed E-state index contributed by atoms with van der Waals surface area (Å²) in [6, 6.07) is 9.82. The fraction of sp³-hybridized carbons (Fsp3) is 0.400. The van der Waals surface area contributed by atoms with Crippen molar-refractivity contribution in [3.8, 4) is 5.75 Å². The van der Waals surface area contributed by atoms with Gasteiger partial charge in [-0.15, -0.1) is 30.6 Å². The summed E-state index contributed by atoms with van der Waals surface area (Å²) in [6.07, 6.45) is 1.78. The van der Waals surface area contributed by atoms with E-state index in [1.54, 1.807) is 6.08 Å². The summed E-state index contributed by atoms with van der Waals surface area (Å²) >= 11 is 0. The van der Waals surface area contributed by atoms with Crippen LogP contribution in [0.1, 0.15) is 6.92 Å². The second-order valence-electron chi connectivity index (χ2n) is 4.07. The van der Waals surface area contributed by atoms with Crippen molar-refractivity contribution in [2.45, 2.75) is 6.92 Å². The molecule has 0 heterocycles. The summed E-state index contributed by atoms with van der Waals surface area (Å²) in [5, 5.41) is 3.24. The van der Waals surface area contributed by atoms with Crippen molar-refractivity contribution >= 4 is 29.9 Å². The minimum Gasteiger partial charge on any atom is -0.492 e. The average molecular weight is 389 g/mol. The standard InChI is InChI=1S/C15H23N3O.HI/c1-4-11-17-15(16-5-2)18(3)12-13-19-14-9-7-6-8-10-14;/h4,6-10H,1,5,11-13H2,2-3H3,(H,16,17);1H. The Kier molecular flexibility index (Phi) is 10.9. The van der Waals surface area contributed by atoms with Crippen LogP contribution in [-0.2, 0) is 0 Å². The lowest BCUT2D eigenvalue weighted by Crippen LogP contribution is -2.40. The van der Waals surface area contributed by atoms with Crippen LogP contribution in [-0.4, -0.2) is 44.1 Å². The molecule has 0 atom stereocenters. The van der Waals surface area contributed by atoms with Crippen LogP contribution in [0.15, 0.2) is 48.0 Å². The van der Waals surface area contributed by atoms with Gasteiger partial charge in [-0.2, -0.15) is 0 Å². The number of benzene rings is 1. The second kappa shape index (κ2) is 11.6. The van der Waals surface area contributed by atoms with Gasteiger partial charge < -0.3 is 15.0 Å². The quantitative estimate of drug-likeness (QED) is 0.337. The van der Waals surface area contributed by atoms with Crippen LogP contribution in [0.2, 0.25) is 0 Å². The van der Waals surface area contributed by atoms with E-state index in [9.17, 15) is 0 Å². The number of rotatable bonds is 7. The number of hydrogen-bond acceptors (Lipinski definition) is 2. The molecule has 0 saturated carbocycles. The van der Waals surface area contributed by atoms with Crippen molar-refractivity contribution in [1.29, 1.82) is 0 Å². The maximum Gasteiger partial charge on any atom is 0.194 e. The molecule has 5 heteroatoms. The minimum absolute atomic E-state index is 0. The van der Waals surface area contributed by atoms with Gasteiger partial charge in [0.25, 0.3) is 0 Å². The van der Waals surface area contributed by atoms with Crippen molar-refractivity contribution < 1.29 is 4.74 Å². The van der Waals surface area contributed by atoms with Crippen LogP contribution in [0.3, 0.4) is 0 Å². The molecule has 0 amide bonds. The highest BCUT2D eigenvalue weighted by Gasteiger charge is 2.04. The Labute approximate surface area is 138 Å². The van der Waals surface area contributed by atoms with E-state index in [4.69, 9.17) is 4.74 Å². The third-order valence-corrected chi connectivity index (χ3v) is 2.51. The summed E-state index contributed by atoms with van der Waals surface area (Å²) in [5.41, 5.74) is 0. The topological polar surface area (TPSA) is 36.9 Å². The number of aliphatic imine (C=N–C) groups is 1. The van der Waals surface area contributed by atoms with Gasteiger partial charge in [-0.3, -0.25) is 0 Å². The summed E-state index contributed by atoms with van der Waals surface area (Å²) in [7, 11) is 2.00. The number of para-hydroxylation sites is 1. The number of guanidine groups is 1. The van der Waals surface area contributed by atoms with Crippen LogP contribution in [0.5, 0.6) is 5.75 Å². The third-order valence-electron chi connectivity index (χ3n) is 2.51. The van der Waals surface area contributed by atoms with E-state index in [0.717, 1.165) is 24.8 Å². The Morgan fingerprint density at radius 1 is 1.40 bits per heavy atom. The smallest absolute Gasteiger partial charge is 0.194 e. The van der Waals surface area contributed by atoms with Crippen molar-refractivity contribution in [1.82, 2.24) is 10.2 Å². The highest BCUT2D eigenvalue weighted by atomic mass is 127. The van der Waals surface area contributed by atoms with Gasteiger partial charge in [-0.25, -0.2) is 4.99 Å². The zero-order valence-corrected chi connectivity index (χ0v) is 14.5. The SMILES string of the molecule is C=CCN=C(NCC)N(C)CCOc1ccccc1.I. The first-order chi connectivity index (χ1) is 9.27. The monoisotopic (exact) mass is 389 g/mol. The van der Waals surface area contributed by atoms with E-state index in [2.05, 4.69) is 28.7 Å². The van der Waals surface area contributed by atoms with E-state index in [-0.39, 0.29) is 24.0 Å². The Morgan fingerprint density at radius 2 is 2.10 bits per heavy atom. The molecule has 0 fully saturated rings. The van der Waals surface area contributed by atoms with Crippen molar-refractivity contribution in [2.75, 3.05) is 33.3 Å². The van der Waals surface area contributed by atoms with Crippen LogP contribution < -0.4 is 10.1 Å². The van der Waals surface area contributed by atoms with E-state index in [1.165, 1.54) is 0 Å². The molecular formula is C15H24IN3O. The lowest BCUT2D eigenvalue weighted by Gasteiger charge is -2.21. The molecule has 112 valence electrons. The maximum atomic E-state index is 5.66. The van der Waals surface area contributed by atoms with Gasteiger partial charge in [0, 0.05) is 13.6 Å². The first kappa shape index (κ1) is 18.8. The number of nitrogens with one attached hydrogen (secondary N) is 1. The number of ether oxygens (including phenoxy) is 1. The second-order valence-corrected chi connectivity index (χ2v) is 4.07. The summed E-state index contributed by atoms with van der Waals surface area (Å²) in [5.74, 6) is 1.77. The summed E-state index contributed by atoms with van der Waals surface area (Å²) in [4.78, 5) is 6.47. The van der Waals surface area contributed by atoms with Crippen molar-refractivity contribution in [3.63, 3.8) is 0 Å². The molecule has 0 saturated heterocycles. The molecule has 0 spiro atoms. The first-order valence-electron chi connectivity index (χ1n) is 6.56. The average Bonchev–Trinajstić information content (AvgIpc) is 2.44. The van der Waals surface area contributed by atoms with E-state index in [0.29, 0.717) is 13.2 Å². The van der Waals surface area contributed by atoms with Gasteiger partial charge in [0.05, 0.1) is 13.1 Å². The molecule has 1 aromatic carbocycles. The predicted molar refractivity (Wildman–Crippen MR) is 96.2 cm³/mol. The van der Waals surface area contributed by atoms with E-state index in [1.807, 2.05) is 37.4 Å². The Bertz CT molecular complexity index is 395. The lowest BCUT2D eigenvalue weighted by molar-refractivity contribution is 0.281. The number of hydrogen-bond donors (Lipinski definition) is 1. The van der Waals surface area contributed by atoms with Gasteiger partial charge >= 0.3 is 0 Å². The van der Waals surface area contributed by atoms with E-state index < -0.39 is 0 Å². The van der Waals surface area contributed by atoms with Crippen molar-refractivity contribution in [2.24, 2.45) is 4.99 Å². The predicted octanol–water partition coefficient (Wildman–Crippen LogP) is 2.77. The molecule has 0 aliphatic carbocycles. The summed E-state index contributed by atoms with van der Waals surface area (Å²) < 4.78 is 5.66. The zero-order valence-electron chi connectivity index (χ0n) is 12.2. The Morgan fingerprint density at radius 3 is 2.70 bits per heavy atom. The van der Waals surface area contributed by atoms with Crippen molar-refractivity contribution in [3.05, 3.63) is 43.0 Å². The molecule has 4 nitrogen and oxygen atoms in total. The number of halogens is 1. The highest BCUT2D eigenvalue weighted by Crippen LogP contribution is 2.07. The fourth-order valence-electron chi connectivity index (χ4n) is 1.54. The highest BCUT2D eigenvalue weighted by molar-refractivity contribution is 14.0. The van der Waals surface area contributed by atoms with Crippen LogP contribution in [0, 0.1) is 0 Å². The molecule has 0 unspecified atom stereocenters. The van der Waals surface area contributed by atoms with Gasteiger partial charge in [-0.1, -0.05) is 24.3 Å². The van der Waals surface area contributed by atoms with Gasteiger partial charge in [0.2, 0.25) is 0 Å². The molecule has 0 aromatic heterocycles. The van der Waals surface area contributed by atoms with Gasteiger partial charge in [0.1, 0.15) is 12.4 Å². The fourth-order valence-corrected chi connectivity index (χ4v) is 1.54. The first-order valence-corrected chi connectivity index (χ1v) is 6.56. The molecule has 0 aliphatic rings. The molecule has 1 rings (SSSR count). The van der Waals surface area contributed by atoms with E-state index >= 15 is 0 Å². The normalized spacial score (nSPS) is 10.4. The Hall–Kier alpha value is -1.24. The minimum atomic E-state index is 0. The lowest BCUT2D eigenvalue weighted by atomic mass is 10.3. The van der Waals surface area contributed by atoms with Gasteiger partial charge in [0.15, 0.2) is 5.96 Å². The van der Waals surface area contributed by atoms with Crippen LogP contribution in [0.4, 0.5) is 0 Å². The van der Waals surface area contributed by atoms with Crippen LogP contribution >= 0.6 is 24.0 Å². The molecule has 1 aromatic rings. The molecule has 0 bridgehead atoms. The molecule has 1 N–H and O–H groups in total. The number of likely N-dealkylation sites (N-methyl/N-ethyl adjacent to an activating group) is 1. The maximum absolute atomic E-state index is 5.66. The molecule has 20 heavy (non-hydrogen) atoms. The largest absolute Gasteiger partial charge is 0.492 e. The van der Waals surface area contributed by atoms with Gasteiger partial charge in [-0.05, 0) is 19.1 Å². The zero-order chi connectivity index (χ0) is 13.9. The van der Waals surface area contributed by atoms with Crippen LogP contribution in [0.25, 0.3) is 0 Å². The molecular weight excluding hydrogens is 365 g/mol. The Balaban J connectivity index is 0.00000361. The third kappa shape index (κ3) is 7.37.